The van der Waals surface area contributed by atoms with Crippen LogP contribution in [0.25, 0.3) is 10.8 Å². The normalized spacial score (nSPS) is 21.1. The Morgan fingerprint density at radius 2 is 1.87 bits per heavy atom. The minimum atomic E-state index is 0.0664. The van der Waals surface area contributed by atoms with E-state index in [1.807, 2.05) is 42.3 Å². The van der Waals surface area contributed by atoms with Crippen molar-refractivity contribution in [2.45, 2.75) is 38.6 Å². The van der Waals surface area contributed by atoms with E-state index in [1.54, 1.807) is 0 Å². The van der Waals surface area contributed by atoms with Gasteiger partial charge in [0.15, 0.2) is 6.61 Å². The van der Waals surface area contributed by atoms with Gasteiger partial charge in [0.05, 0.1) is 0 Å². The molecule has 122 valence electrons. The minimum Gasteiger partial charge on any atom is -0.483 e. The quantitative estimate of drug-likeness (QED) is 0.844. The lowest BCUT2D eigenvalue weighted by molar-refractivity contribution is -0.135. The summed E-state index contributed by atoms with van der Waals surface area (Å²) in [5.74, 6) is 1.42. The monoisotopic (exact) mass is 311 g/mol. The summed E-state index contributed by atoms with van der Waals surface area (Å²) in [4.78, 5) is 14.4. The molecule has 0 bridgehead atoms. The van der Waals surface area contributed by atoms with Crippen LogP contribution in [0.15, 0.2) is 42.5 Å². The smallest absolute Gasteiger partial charge is 0.260 e. The predicted molar refractivity (Wildman–Crippen MR) is 93.6 cm³/mol. The molecule has 0 N–H and O–H groups in total. The van der Waals surface area contributed by atoms with E-state index in [4.69, 9.17) is 4.74 Å². The van der Waals surface area contributed by atoms with Crippen LogP contribution in [0.2, 0.25) is 0 Å². The fourth-order valence-corrected chi connectivity index (χ4v) is 3.62. The number of hydrogen-bond acceptors (Lipinski definition) is 2. The fourth-order valence-electron chi connectivity index (χ4n) is 3.62. The molecule has 0 heterocycles. The van der Waals surface area contributed by atoms with E-state index in [1.165, 1.54) is 19.3 Å². The van der Waals surface area contributed by atoms with Crippen molar-refractivity contribution in [1.29, 1.82) is 0 Å². The standard InChI is InChI=1S/C20H25NO2/c1-15-8-3-6-12-18(15)21(2)20(22)14-23-19-13-7-10-16-9-4-5-11-17(16)19/h4-5,7,9-11,13,15,18H,3,6,8,12,14H2,1-2H3. The number of amides is 1. The van der Waals surface area contributed by atoms with Gasteiger partial charge in [-0.25, -0.2) is 0 Å². The summed E-state index contributed by atoms with van der Waals surface area (Å²) in [6.07, 6.45) is 4.83. The van der Waals surface area contributed by atoms with Gasteiger partial charge in [-0.2, -0.15) is 0 Å². The highest BCUT2D eigenvalue weighted by Crippen LogP contribution is 2.28. The Bertz CT molecular complexity index is 677. The van der Waals surface area contributed by atoms with E-state index >= 15 is 0 Å². The van der Waals surface area contributed by atoms with Crippen LogP contribution in [0.4, 0.5) is 0 Å². The molecule has 3 heteroatoms. The van der Waals surface area contributed by atoms with Crippen LogP contribution < -0.4 is 4.74 Å². The number of benzene rings is 2. The van der Waals surface area contributed by atoms with Crippen molar-refractivity contribution in [2.75, 3.05) is 13.7 Å². The molecule has 1 amide bonds. The zero-order valence-electron chi connectivity index (χ0n) is 14.0. The Hall–Kier alpha value is -2.03. The number of likely N-dealkylation sites (N-methyl/N-ethyl adjacent to an activating group) is 1. The second kappa shape index (κ2) is 7.03. The molecule has 2 atom stereocenters. The molecule has 2 aromatic rings. The third-order valence-electron chi connectivity index (χ3n) is 5.06. The van der Waals surface area contributed by atoms with Crippen molar-refractivity contribution >= 4 is 16.7 Å². The van der Waals surface area contributed by atoms with Gasteiger partial charge in [0.1, 0.15) is 5.75 Å². The SMILES string of the molecule is CC1CCCCC1N(C)C(=O)COc1cccc2ccccc12. The Morgan fingerprint density at radius 3 is 2.70 bits per heavy atom. The molecule has 2 aromatic carbocycles. The van der Waals surface area contributed by atoms with Crippen LogP contribution >= 0.6 is 0 Å². The number of carbonyl (C=O) groups excluding carboxylic acids is 1. The van der Waals surface area contributed by atoms with Gasteiger partial charge in [-0.1, -0.05) is 56.2 Å². The van der Waals surface area contributed by atoms with Crippen molar-refractivity contribution in [2.24, 2.45) is 5.92 Å². The van der Waals surface area contributed by atoms with Gasteiger partial charge in [-0.15, -0.1) is 0 Å². The highest BCUT2D eigenvalue weighted by Gasteiger charge is 2.27. The number of carbonyl (C=O) groups is 1. The molecule has 1 saturated carbocycles. The summed E-state index contributed by atoms with van der Waals surface area (Å²) >= 11 is 0. The predicted octanol–water partition coefficient (Wildman–Crippen LogP) is 4.26. The topological polar surface area (TPSA) is 29.5 Å². The second-order valence-electron chi connectivity index (χ2n) is 6.60. The molecule has 1 aliphatic carbocycles. The third-order valence-corrected chi connectivity index (χ3v) is 5.06. The lowest BCUT2D eigenvalue weighted by Crippen LogP contribution is -2.44. The third kappa shape index (κ3) is 3.49. The molecule has 0 aromatic heterocycles. The van der Waals surface area contributed by atoms with Crippen molar-refractivity contribution < 1.29 is 9.53 Å². The summed E-state index contributed by atoms with van der Waals surface area (Å²) in [6, 6.07) is 14.4. The average molecular weight is 311 g/mol. The second-order valence-corrected chi connectivity index (χ2v) is 6.60. The van der Waals surface area contributed by atoms with Gasteiger partial charge in [0, 0.05) is 18.5 Å². The zero-order chi connectivity index (χ0) is 16.2. The number of rotatable bonds is 4. The average Bonchev–Trinajstić information content (AvgIpc) is 2.59. The Labute approximate surface area is 138 Å². The maximum atomic E-state index is 12.5. The molecule has 3 nitrogen and oxygen atoms in total. The van der Waals surface area contributed by atoms with Gasteiger partial charge < -0.3 is 9.64 Å². The number of nitrogens with zero attached hydrogens (tertiary/aromatic N) is 1. The van der Waals surface area contributed by atoms with E-state index < -0.39 is 0 Å². The van der Waals surface area contributed by atoms with Gasteiger partial charge in [-0.3, -0.25) is 4.79 Å². The Balaban J connectivity index is 1.66. The molecule has 3 rings (SSSR count). The maximum Gasteiger partial charge on any atom is 0.260 e. The largest absolute Gasteiger partial charge is 0.483 e. The first-order valence-electron chi connectivity index (χ1n) is 8.53. The molecule has 0 radical (unpaired) electrons. The number of fused-ring (bicyclic) bond motifs is 1. The summed E-state index contributed by atoms with van der Waals surface area (Å²) < 4.78 is 5.84. The molecule has 1 fully saturated rings. The number of hydrogen-bond donors (Lipinski definition) is 0. The Morgan fingerprint density at radius 1 is 1.13 bits per heavy atom. The Kier molecular flexibility index (Phi) is 4.85. The highest BCUT2D eigenvalue weighted by molar-refractivity contribution is 5.88. The van der Waals surface area contributed by atoms with Crippen molar-refractivity contribution in [1.82, 2.24) is 4.90 Å². The lowest BCUT2D eigenvalue weighted by Gasteiger charge is -2.36. The summed E-state index contributed by atoms with van der Waals surface area (Å²) in [7, 11) is 1.92. The first-order chi connectivity index (χ1) is 11.2. The molecule has 1 aliphatic rings. The van der Waals surface area contributed by atoms with E-state index in [-0.39, 0.29) is 12.5 Å². The van der Waals surface area contributed by atoms with E-state index in [0.717, 1.165) is 22.9 Å². The van der Waals surface area contributed by atoms with Gasteiger partial charge >= 0.3 is 0 Å². The molecule has 0 saturated heterocycles. The van der Waals surface area contributed by atoms with E-state index in [2.05, 4.69) is 19.1 Å². The maximum absolute atomic E-state index is 12.5. The van der Waals surface area contributed by atoms with Crippen molar-refractivity contribution in [3.8, 4) is 5.75 Å². The first-order valence-corrected chi connectivity index (χ1v) is 8.53. The summed E-state index contributed by atoms with van der Waals surface area (Å²) in [6.45, 7) is 2.35. The highest BCUT2D eigenvalue weighted by atomic mass is 16.5. The van der Waals surface area contributed by atoms with Crippen LogP contribution in [0.5, 0.6) is 5.75 Å². The summed E-state index contributed by atoms with van der Waals surface area (Å²) in [5.41, 5.74) is 0. The molecule has 2 unspecified atom stereocenters. The molecule has 0 spiro atoms. The van der Waals surface area contributed by atoms with Gasteiger partial charge in [0.2, 0.25) is 0 Å². The van der Waals surface area contributed by atoms with E-state index in [9.17, 15) is 4.79 Å². The fraction of sp³-hybridized carbons (Fsp3) is 0.450. The van der Waals surface area contributed by atoms with E-state index in [0.29, 0.717) is 12.0 Å². The van der Waals surface area contributed by atoms with Crippen LogP contribution in [-0.4, -0.2) is 30.5 Å². The van der Waals surface area contributed by atoms with Crippen LogP contribution in [0.1, 0.15) is 32.6 Å². The van der Waals surface area contributed by atoms with Crippen LogP contribution in [0, 0.1) is 5.92 Å². The minimum absolute atomic E-state index is 0.0664. The molecule has 0 aliphatic heterocycles. The van der Waals surface area contributed by atoms with Crippen LogP contribution in [-0.2, 0) is 4.79 Å². The summed E-state index contributed by atoms with van der Waals surface area (Å²) in [5, 5.41) is 2.18. The zero-order valence-corrected chi connectivity index (χ0v) is 14.0. The van der Waals surface area contributed by atoms with Gasteiger partial charge in [-0.05, 0) is 30.2 Å². The first kappa shape index (κ1) is 15.9. The molecular weight excluding hydrogens is 286 g/mol. The molecular formula is C20H25NO2. The molecule has 23 heavy (non-hydrogen) atoms. The van der Waals surface area contributed by atoms with Gasteiger partial charge in [0.25, 0.3) is 5.91 Å². The van der Waals surface area contributed by atoms with Crippen molar-refractivity contribution in [3.05, 3.63) is 42.5 Å². The van der Waals surface area contributed by atoms with Crippen LogP contribution in [0.3, 0.4) is 0 Å². The van der Waals surface area contributed by atoms with Crippen molar-refractivity contribution in [3.63, 3.8) is 0 Å². The lowest BCUT2D eigenvalue weighted by atomic mass is 9.85. The number of ether oxygens (including phenoxy) is 1.